The number of halogens is 2. The van der Waals surface area contributed by atoms with Crippen LogP contribution < -0.4 is 4.90 Å². The highest BCUT2D eigenvalue weighted by Gasteiger charge is 2.26. The van der Waals surface area contributed by atoms with Gasteiger partial charge in [0.05, 0.1) is 12.4 Å². The first-order valence-electron chi connectivity index (χ1n) is 5.56. The van der Waals surface area contributed by atoms with Crippen LogP contribution in [0, 0.1) is 11.7 Å². The molecule has 0 N–H and O–H groups in total. The average Bonchev–Trinajstić information content (AvgIpc) is 2.78. The van der Waals surface area contributed by atoms with Crippen LogP contribution >= 0.6 is 0 Å². The van der Waals surface area contributed by atoms with Crippen molar-refractivity contribution in [1.82, 2.24) is 9.97 Å². The molecule has 0 amide bonds. The van der Waals surface area contributed by atoms with Gasteiger partial charge in [0.2, 0.25) is 0 Å². The minimum absolute atomic E-state index is 0.0134. The Bertz CT molecular complexity index is 370. The van der Waals surface area contributed by atoms with Crippen molar-refractivity contribution < 1.29 is 8.78 Å². The maximum absolute atomic E-state index is 13.9. The van der Waals surface area contributed by atoms with Crippen molar-refractivity contribution in [2.24, 2.45) is 5.92 Å². The van der Waals surface area contributed by atoms with Gasteiger partial charge in [0.25, 0.3) is 0 Å². The van der Waals surface area contributed by atoms with Crippen molar-refractivity contribution in [3.63, 3.8) is 0 Å². The molecule has 0 radical (unpaired) electrons. The molecule has 0 spiro atoms. The number of nitrogens with zero attached hydrogens (tertiary/aromatic N) is 3. The van der Waals surface area contributed by atoms with E-state index in [0.29, 0.717) is 31.0 Å². The first kappa shape index (κ1) is 11.2. The summed E-state index contributed by atoms with van der Waals surface area (Å²) in [5.41, 5.74) is 0.425. The van der Waals surface area contributed by atoms with Crippen LogP contribution in [-0.4, -0.2) is 29.7 Å². The van der Waals surface area contributed by atoms with Gasteiger partial charge in [-0.2, -0.15) is 0 Å². The van der Waals surface area contributed by atoms with Gasteiger partial charge in [-0.3, -0.25) is 4.39 Å². The number of rotatable bonds is 3. The predicted octanol–water partition coefficient (Wildman–Crippen LogP) is 1.97. The molecule has 1 saturated heterocycles. The van der Waals surface area contributed by atoms with Crippen LogP contribution in [0.2, 0.25) is 0 Å². The lowest BCUT2D eigenvalue weighted by molar-refractivity contribution is 0.384. The minimum atomic E-state index is -0.357. The average molecular weight is 227 g/mol. The lowest BCUT2D eigenvalue weighted by Crippen LogP contribution is -2.23. The molecule has 1 aromatic rings. The predicted molar refractivity (Wildman–Crippen MR) is 57.7 cm³/mol. The van der Waals surface area contributed by atoms with E-state index >= 15 is 0 Å². The summed E-state index contributed by atoms with van der Waals surface area (Å²) in [6, 6.07) is 0. The molecular formula is C11H15F2N3. The third-order valence-corrected chi connectivity index (χ3v) is 2.98. The van der Waals surface area contributed by atoms with Gasteiger partial charge < -0.3 is 4.90 Å². The summed E-state index contributed by atoms with van der Waals surface area (Å²) >= 11 is 0. The summed E-state index contributed by atoms with van der Waals surface area (Å²) in [4.78, 5) is 9.64. The van der Waals surface area contributed by atoms with E-state index in [1.54, 1.807) is 4.90 Å². The van der Waals surface area contributed by atoms with Crippen molar-refractivity contribution in [2.75, 3.05) is 24.7 Å². The maximum atomic E-state index is 13.9. The Morgan fingerprint density at radius 2 is 2.31 bits per heavy atom. The minimum Gasteiger partial charge on any atom is -0.354 e. The highest BCUT2D eigenvalue weighted by Crippen LogP contribution is 2.25. The molecule has 16 heavy (non-hydrogen) atoms. The van der Waals surface area contributed by atoms with Gasteiger partial charge in [-0.15, -0.1) is 0 Å². The molecule has 0 aliphatic carbocycles. The van der Waals surface area contributed by atoms with Crippen molar-refractivity contribution in [3.8, 4) is 0 Å². The van der Waals surface area contributed by atoms with E-state index in [-0.39, 0.29) is 18.4 Å². The molecule has 1 fully saturated rings. The van der Waals surface area contributed by atoms with Crippen molar-refractivity contribution in [1.29, 1.82) is 0 Å². The first-order valence-corrected chi connectivity index (χ1v) is 5.56. The summed E-state index contributed by atoms with van der Waals surface area (Å²) in [5, 5.41) is 0. The summed E-state index contributed by atoms with van der Waals surface area (Å²) in [6.45, 7) is 2.73. The van der Waals surface area contributed by atoms with Gasteiger partial charge in [0.15, 0.2) is 11.6 Å². The van der Waals surface area contributed by atoms with Crippen LogP contribution in [-0.2, 0) is 6.42 Å². The zero-order chi connectivity index (χ0) is 11.5. The zero-order valence-electron chi connectivity index (χ0n) is 9.29. The largest absolute Gasteiger partial charge is 0.354 e. The molecule has 2 rings (SSSR count). The van der Waals surface area contributed by atoms with Gasteiger partial charge in [-0.05, 0) is 12.8 Å². The van der Waals surface area contributed by atoms with E-state index in [1.165, 1.54) is 6.33 Å². The highest BCUT2D eigenvalue weighted by atomic mass is 19.1. The standard InChI is InChI=1S/C11H15F2N3/c1-2-9-10(13)11(15-7-14-9)16-4-3-8(5-12)6-16/h7-8H,2-6H2,1H3. The normalized spacial score (nSPS) is 20.4. The number of hydrogen-bond acceptors (Lipinski definition) is 3. The quantitative estimate of drug-likeness (QED) is 0.790. The monoisotopic (exact) mass is 227 g/mol. The molecule has 0 saturated carbocycles. The van der Waals surface area contributed by atoms with E-state index in [1.807, 2.05) is 6.92 Å². The Morgan fingerprint density at radius 1 is 1.50 bits per heavy atom. The van der Waals surface area contributed by atoms with Gasteiger partial charge >= 0.3 is 0 Å². The Hall–Kier alpha value is -1.26. The Balaban J connectivity index is 2.21. The van der Waals surface area contributed by atoms with Gasteiger partial charge in [0.1, 0.15) is 6.33 Å². The molecule has 1 aliphatic rings. The summed E-state index contributed by atoms with van der Waals surface area (Å²) in [5.74, 6) is -0.0215. The fourth-order valence-electron chi connectivity index (χ4n) is 2.01. The van der Waals surface area contributed by atoms with Crippen LogP contribution in [0.25, 0.3) is 0 Å². The smallest absolute Gasteiger partial charge is 0.187 e. The molecule has 5 heteroatoms. The second-order valence-corrected chi connectivity index (χ2v) is 4.07. The molecule has 2 heterocycles. The Labute approximate surface area is 93.5 Å². The van der Waals surface area contributed by atoms with Crippen LogP contribution in [0.3, 0.4) is 0 Å². The lowest BCUT2D eigenvalue weighted by atomic mass is 10.1. The Kier molecular flexibility index (Phi) is 3.31. The molecule has 0 bridgehead atoms. The fraction of sp³-hybridized carbons (Fsp3) is 0.636. The number of aromatic nitrogens is 2. The van der Waals surface area contributed by atoms with Crippen LogP contribution in [0.15, 0.2) is 6.33 Å². The fourth-order valence-corrected chi connectivity index (χ4v) is 2.01. The van der Waals surface area contributed by atoms with Crippen LogP contribution in [0.5, 0.6) is 0 Å². The molecule has 3 nitrogen and oxygen atoms in total. The second-order valence-electron chi connectivity index (χ2n) is 4.07. The van der Waals surface area contributed by atoms with Crippen molar-refractivity contribution in [2.45, 2.75) is 19.8 Å². The second kappa shape index (κ2) is 4.72. The van der Waals surface area contributed by atoms with Gasteiger partial charge in [0, 0.05) is 19.0 Å². The van der Waals surface area contributed by atoms with E-state index in [9.17, 15) is 8.78 Å². The van der Waals surface area contributed by atoms with E-state index in [2.05, 4.69) is 9.97 Å². The summed E-state index contributed by atoms with van der Waals surface area (Å²) in [7, 11) is 0. The van der Waals surface area contributed by atoms with Gasteiger partial charge in [-0.1, -0.05) is 6.92 Å². The van der Waals surface area contributed by atoms with Gasteiger partial charge in [-0.25, -0.2) is 14.4 Å². The molecule has 0 aromatic carbocycles. The zero-order valence-corrected chi connectivity index (χ0v) is 9.29. The summed E-state index contributed by atoms with van der Waals surface area (Å²) < 4.78 is 26.4. The molecule has 1 aromatic heterocycles. The lowest BCUT2D eigenvalue weighted by Gasteiger charge is -2.18. The van der Waals surface area contributed by atoms with Crippen molar-refractivity contribution >= 4 is 5.82 Å². The number of hydrogen-bond donors (Lipinski definition) is 0. The molecule has 1 atom stereocenters. The van der Waals surface area contributed by atoms with Crippen LogP contribution in [0.1, 0.15) is 19.0 Å². The number of anilines is 1. The summed E-state index contributed by atoms with van der Waals surface area (Å²) in [6.07, 6.45) is 2.68. The maximum Gasteiger partial charge on any atom is 0.187 e. The molecular weight excluding hydrogens is 212 g/mol. The van der Waals surface area contributed by atoms with Crippen LogP contribution in [0.4, 0.5) is 14.6 Å². The highest BCUT2D eigenvalue weighted by molar-refractivity contribution is 5.42. The third kappa shape index (κ3) is 1.99. The van der Waals surface area contributed by atoms with E-state index in [0.717, 1.165) is 6.42 Å². The molecule has 1 unspecified atom stereocenters. The van der Waals surface area contributed by atoms with Crippen molar-refractivity contribution in [3.05, 3.63) is 17.8 Å². The van der Waals surface area contributed by atoms with E-state index < -0.39 is 0 Å². The number of aryl methyl sites for hydroxylation is 1. The first-order chi connectivity index (χ1) is 7.76. The number of alkyl halides is 1. The SMILES string of the molecule is CCc1ncnc(N2CCC(CF)C2)c1F. The molecule has 88 valence electrons. The van der Waals surface area contributed by atoms with E-state index in [4.69, 9.17) is 0 Å². The third-order valence-electron chi connectivity index (χ3n) is 2.98. The Morgan fingerprint density at radius 3 is 2.94 bits per heavy atom. The molecule has 1 aliphatic heterocycles. The topological polar surface area (TPSA) is 29.0 Å².